The summed E-state index contributed by atoms with van der Waals surface area (Å²) in [5, 5.41) is 3.80. The molecule has 0 aliphatic heterocycles. The molecule has 0 fully saturated rings. The van der Waals surface area contributed by atoms with Gasteiger partial charge in [0.25, 0.3) is 10.0 Å². The summed E-state index contributed by atoms with van der Waals surface area (Å²) >= 11 is 18.4. The van der Waals surface area contributed by atoms with Gasteiger partial charge in [-0.2, -0.15) is 0 Å². The average Bonchev–Trinajstić information content (AvgIpc) is 2.88. The Morgan fingerprint density at radius 2 is 1.59 bits per heavy atom. The maximum atomic E-state index is 13.9. The lowest BCUT2D eigenvalue weighted by Crippen LogP contribution is -2.51. The van der Waals surface area contributed by atoms with Crippen LogP contribution in [-0.4, -0.2) is 44.3 Å². The summed E-state index contributed by atoms with van der Waals surface area (Å²) in [4.78, 5) is 28.1. The van der Waals surface area contributed by atoms with Crippen molar-refractivity contribution in [3.05, 3.63) is 92.4 Å². The van der Waals surface area contributed by atoms with Crippen molar-refractivity contribution in [3.63, 3.8) is 0 Å². The molecule has 0 aliphatic carbocycles. The van der Waals surface area contributed by atoms with Crippen molar-refractivity contribution in [1.82, 2.24) is 10.2 Å². The van der Waals surface area contributed by atoms with E-state index in [4.69, 9.17) is 34.8 Å². The molecule has 0 saturated heterocycles. The molecule has 0 aliphatic rings. The normalized spacial score (nSPS) is 12.1. The molecule has 3 aromatic rings. The summed E-state index contributed by atoms with van der Waals surface area (Å²) in [6, 6.07) is 15.1. The number of hydrogen-bond donors (Lipinski definition) is 1. The molecule has 0 aromatic heterocycles. The van der Waals surface area contributed by atoms with Crippen molar-refractivity contribution in [1.29, 1.82) is 0 Å². The van der Waals surface area contributed by atoms with E-state index >= 15 is 0 Å². The molecule has 0 heterocycles. The Kier molecular flexibility index (Phi) is 10.3. The predicted octanol–water partition coefficient (Wildman–Crippen LogP) is 6.01. The second-order valence-electron chi connectivity index (χ2n) is 9.10. The third-order valence-electron chi connectivity index (χ3n) is 6.17. The zero-order chi connectivity index (χ0) is 28.9. The van der Waals surface area contributed by atoms with Crippen molar-refractivity contribution in [2.24, 2.45) is 0 Å². The van der Waals surface area contributed by atoms with Gasteiger partial charge in [-0.3, -0.25) is 13.9 Å². The van der Waals surface area contributed by atoms with Crippen LogP contribution in [0.4, 0.5) is 5.69 Å². The molecule has 2 amide bonds. The summed E-state index contributed by atoms with van der Waals surface area (Å²) < 4.78 is 28.8. The van der Waals surface area contributed by atoms with Gasteiger partial charge in [0.15, 0.2) is 0 Å². The van der Waals surface area contributed by atoms with E-state index in [1.54, 1.807) is 69.3 Å². The number of halogens is 3. The minimum absolute atomic E-state index is 0.00599. The third kappa shape index (κ3) is 7.45. The second-order valence-corrected chi connectivity index (χ2v) is 12.2. The summed E-state index contributed by atoms with van der Waals surface area (Å²) in [6.45, 7) is 6.76. The molecule has 0 spiro atoms. The molecule has 1 unspecified atom stereocenters. The molecule has 39 heavy (non-hydrogen) atoms. The smallest absolute Gasteiger partial charge is 0.264 e. The van der Waals surface area contributed by atoms with Crippen molar-refractivity contribution in [2.75, 3.05) is 17.4 Å². The summed E-state index contributed by atoms with van der Waals surface area (Å²) in [7, 11) is -4.17. The van der Waals surface area contributed by atoms with Gasteiger partial charge in [-0.15, -0.1) is 0 Å². The number of carbonyl (C=O) groups is 2. The van der Waals surface area contributed by atoms with Crippen LogP contribution < -0.4 is 9.62 Å². The molecular weight excluding hydrogens is 581 g/mol. The van der Waals surface area contributed by atoms with Crippen molar-refractivity contribution < 1.29 is 18.0 Å². The van der Waals surface area contributed by atoms with E-state index in [9.17, 15) is 18.0 Å². The molecule has 3 aromatic carbocycles. The molecule has 11 heteroatoms. The predicted molar refractivity (Wildman–Crippen MR) is 157 cm³/mol. The number of benzene rings is 3. The van der Waals surface area contributed by atoms with Crippen LogP contribution in [0.3, 0.4) is 0 Å². The first-order valence-corrected chi connectivity index (χ1v) is 14.8. The molecule has 208 valence electrons. The summed E-state index contributed by atoms with van der Waals surface area (Å²) in [6.07, 6.45) is 0. The van der Waals surface area contributed by atoms with Crippen LogP contribution in [0.25, 0.3) is 0 Å². The standard InChI is InChI=1S/C28H30Cl3N3O4S/c1-5-32-28(36)20(4)33(16-21-8-12-24(30)25(31)15-21)27(35)17-34(26-13-9-22(29)14-19(26)3)39(37,38)23-10-6-18(2)7-11-23/h6-15,20H,5,16-17H2,1-4H3,(H,32,36). The average molecular weight is 611 g/mol. The van der Waals surface area contributed by atoms with Crippen molar-refractivity contribution in [3.8, 4) is 0 Å². The summed E-state index contributed by atoms with van der Waals surface area (Å²) in [5.41, 5.74) is 2.39. The first-order chi connectivity index (χ1) is 18.3. The fraction of sp³-hybridized carbons (Fsp3) is 0.286. The van der Waals surface area contributed by atoms with Gasteiger partial charge in [0.2, 0.25) is 11.8 Å². The summed E-state index contributed by atoms with van der Waals surface area (Å²) in [5.74, 6) is -0.952. The maximum absolute atomic E-state index is 13.9. The van der Waals surface area contributed by atoms with Crippen LogP contribution in [0.1, 0.15) is 30.5 Å². The highest BCUT2D eigenvalue weighted by atomic mass is 35.5. The van der Waals surface area contributed by atoms with Gasteiger partial charge in [0, 0.05) is 18.1 Å². The highest BCUT2D eigenvalue weighted by molar-refractivity contribution is 7.92. The van der Waals surface area contributed by atoms with E-state index < -0.39 is 28.5 Å². The van der Waals surface area contributed by atoms with E-state index in [1.807, 2.05) is 6.92 Å². The first kappa shape index (κ1) is 30.8. The Hall–Kier alpha value is -2.78. The molecule has 1 atom stereocenters. The van der Waals surface area contributed by atoms with Gasteiger partial charge in [0.05, 0.1) is 20.6 Å². The fourth-order valence-electron chi connectivity index (χ4n) is 3.99. The lowest BCUT2D eigenvalue weighted by molar-refractivity contribution is -0.139. The number of amides is 2. The SMILES string of the molecule is CCNC(=O)C(C)N(Cc1ccc(Cl)c(Cl)c1)C(=O)CN(c1ccc(Cl)cc1C)S(=O)(=O)c1ccc(C)cc1. The third-order valence-corrected chi connectivity index (χ3v) is 8.92. The van der Waals surface area contributed by atoms with E-state index in [-0.39, 0.29) is 17.3 Å². The monoisotopic (exact) mass is 609 g/mol. The lowest BCUT2D eigenvalue weighted by Gasteiger charge is -2.32. The minimum Gasteiger partial charge on any atom is -0.355 e. The highest BCUT2D eigenvalue weighted by Gasteiger charge is 2.33. The van der Waals surface area contributed by atoms with Crippen LogP contribution in [0.15, 0.2) is 65.6 Å². The first-order valence-electron chi connectivity index (χ1n) is 12.2. The molecular formula is C28H30Cl3N3O4S. The van der Waals surface area contributed by atoms with Crippen LogP contribution in [0.5, 0.6) is 0 Å². The Morgan fingerprint density at radius 1 is 0.923 bits per heavy atom. The minimum atomic E-state index is -4.17. The number of anilines is 1. The lowest BCUT2D eigenvalue weighted by atomic mass is 10.1. The molecule has 0 saturated carbocycles. The Labute approximate surface area is 244 Å². The molecule has 7 nitrogen and oxygen atoms in total. The number of nitrogens with zero attached hydrogens (tertiary/aromatic N) is 2. The van der Waals surface area contributed by atoms with Gasteiger partial charge in [-0.25, -0.2) is 8.42 Å². The maximum Gasteiger partial charge on any atom is 0.264 e. The number of rotatable bonds is 10. The number of sulfonamides is 1. The second kappa shape index (κ2) is 13.0. The van der Waals surface area contributed by atoms with E-state index in [0.717, 1.165) is 9.87 Å². The number of likely N-dealkylation sites (N-methyl/N-ethyl adjacent to an activating group) is 1. The van der Waals surface area contributed by atoms with Crippen LogP contribution in [0, 0.1) is 13.8 Å². The number of aryl methyl sites for hydroxylation is 2. The van der Waals surface area contributed by atoms with Crippen molar-refractivity contribution in [2.45, 2.75) is 45.2 Å². The Balaban J connectivity index is 2.07. The zero-order valence-electron chi connectivity index (χ0n) is 22.0. The largest absolute Gasteiger partial charge is 0.355 e. The van der Waals surface area contributed by atoms with Crippen LogP contribution in [0.2, 0.25) is 15.1 Å². The van der Waals surface area contributed by atoms with E-state index in [0.29, 0.717) is 38.4 Å². The van der Waals surface area contributed by atoms with Gasteiger partial charge >= 0.3 is 0 Å². The van der Waals surface area contributed by atoms with Gasteiger partial charge in [-0.05, 0) is 81.3 Å². The van der Waals surface area contributed by atoms with Crippen molar-refractivity contribution >= 4 is 62.3 Å². The van der Waals surface area contributed by atoms with E-state index in [2.05, 4.69) is 5.32 Å². The molecule has 1 N–H and O–H groups in total. The van der Waals surface area contributed by atoms with Gasteiger partial charge in [0.1, 0.15) is 12.6 Å². The molecule has 0 radical (unpaired) electrons. The highest BCUT2D eigenvalue weighted by Crippen LogP contribution is 2.30. The topological polar surface area (TPSA) is 86.8 Å². The van der Waals surface area contributed by atoms with E-state index in [1.165, 1.54) is 17.0 Å². The molecule has 3 rings (SSSR count). The Bertz CT molecular complexity index is 1460. The number of nitrogens with one attached hydrogen (secondary N) is 1. The van der Waals surface area contributed by atoms with Crippen LogP contribution >= 0.6 is 34.8 Å². The molecule has 0 bridgehead atoms. The quantitative estimate of drug-likeness (QED) is 0.305. The number of hydrogen-bond acceptors (Lipinski definition) is 4. The van der Waals surface area contributed by atoms with Gasteiger partial charge in [-0.1, -0.05) is 58.6 Å². The Morgan fingerprint density at radius 3 is 2.18 bits per heavy atom. The van der Waals surface area contributed by atoms with Crippen LogP contribution in [-0.2, 0) is 26.2 Å². The zero-order valence-corrected chi connectivity index (χ0v) is 25.1. The fourth-order valence-corrected chi connectivity index (χ4v) is 6.01. The van der Waals surface area contributed by atoms with Gasteiger partial charge < -0.3 is 10.2 Å². The number of carbonyl (C=O) groups excluding carboxylic acids is 2.